The summed E-state index contributed by atoms with van der Waals surface area (Å²) in [5, 5.41) is 7.75. The number of anilines is 1. The fourth-order valence-corrected chi connectivity index (χ4v) is 2.81. The Hall–Kier alpha value is -2.47. The zero-order valence-electron chi connectivity index (χ0n) is 13.8. The quantitative estimate of drug-likeness (QED) is 0.789. The predicted octanol–water partition coefficient (Wildman–Crippen LogP) is 3.27. The molecule has 0 fully saturated rings. The second-order valence-electron chi connectivity index (χ2n) is 5.73. The fourth-order valence-electron chi connectivity index (χ4n) is 2.70. The minimum atomic E-state index is -0.0969. The van der Waals surface area contributed by atoms with Crippen LogP contribution in [0, 0.1) is 20.8 Å². The first kappa shape index (κ1) is 16.4. The molecule has 6 nitrogen and oxygen atoms in total. The topological polar surface area (TPSA) is 72.2 Å². The molecule has 0 atom stereocenters. The van der Waals surface area contributed by atoms with E-state index >= 15 is 0 Å². The third-order valence-electron chi connectivity index (χ3n) is 3.88. The highest BCUT2D eigenvalue weighted by Crippen LogP contribution is 2.17. The Balaban J connectivity index is 1.73. The van der Waals surface area contributed by atoms with Crippen molar-refractivity contribution in [3.63, 3.8) is 0 Å². The van der Waals surface area contributed by atoms with Crippen LogP contribution in [0.3, 0.4) is 0 Å². The maximum atomic E-state index is 12.1. The normalized spacial score (nSPS) is 11.0. The van der Waals surface area contributed by atoms with Gasteiger partial charge in [-0.05, 0) is 44.9 Å². The summed E-state index contributed by atoms with van der Waals surface area (Å²) in [5.74, 6) is 0.398. The van der Waals surface area contributed by atoms with Gasteiger partial charge < -0.3 is 5.32 Å². The van der Waals surface area contributed by atoms with Gasteiger partial charge in [0.25, 0.3) is 0 Å². The van der Waals surface area contributed by atoms with Crippen LogP contribution in [0.1, 0.15) is 29.1 Å². The maximum absolute atomic E-state index is 12.1. The number of aromatic nitrogens is 4. The fraction of sp³-hybridized carbons (Fsp3) is 0.294. The number of hydrogen-bond acceptors (Lipinski definition) is 4. The van der Waals surface area contributed by atoms with Crippen LogP contribution in [0.15, 0.2) is 24.4 Å². The molecule has 0 aromatic carbocycles. The van der Waals surface area contributed by atoms with Gasteiger partial charge in [-0.15, -0.1) is 0 Å². The summed E-state index contributed by atoms with van der Waals surface area (Å²) in [4.78, 5) is 20.8. The highest BCUT2D eigenvalue weighted by Gasteiger charge is 2.13. The number of halogens is 1. The van der Waals surface area contributed by atoms with Crippen LogP contribution >= 0.6 is 11.6 Å². The second kappa shape index (κ2) is 6.57. The Kier molecular flexibility index (Phi) is 4.49. The van der Waals surface area contributed by atoms with E-state index in [-0.39, 0.29) is 5.91 Å². The smallest absolute Gasteiger partial charge is 0.225 e. The molecule has 0 aliphatic rings. The number of hydrogen-bond donors (Lipinski definition) is 1. The third kappa shape index (κ3) is 3.38. The summed E-state index contributed by atoms with van der Waals surface area (Å²) in [7, 11) is 0. The lowest BCUT2D eigenvalue weighted by molar-refractivity contribution is -0.116. The first-order valence-electron chi connectivity index (χ1n) is 7.68. The average Bonchev–Trinajstić information content (AvgIpc) is 2.90. The van der Waals surface area contributed by atoms with Crippen LogP contribution in [-0.2, 0) is 11.2 Å². The average molecular weight is 344 g/mol. The van der Waals surface area contributed by atoms with Gasteiger partial charge in [-0.1, -0.05) is 11.6 Å². The molecule has 3 aromatic heterocycles. The lowest BCUT2D eigenvalue weighted by Crippen LogP contribution is -2.15. The molecule has 3 aromatic rings. The highest BCUT2D eigenvalue weighted by molar-refractivity contribution is 6.30. The van der Waals surface area contributed by atoms with E-state index in [1.807, 2.05) is 31.4 Å². The molecule has 0 radical (unpaired) electrons. The van der Waals surface area contributed by atoms with E-state index in [1.54, 1.807) is 12.1 Å². The van der Waals surface area contributed by atoms with Crippen molar-refractivity contribution in [3.05, 3.63) is 52.1 Å². The molecule has 0 aliphatic carbocycles. The highest BCUT2D eigenvalue weighted by atomic mass is 35.5. The van der Waals surface area contributed by atoms with Gasteiger partial charge in [-0.25, -0.2) is 14.5 Å². The molecule has 1 amide bonds. The van der Waals surface area contributed by atoms with Crippen molar-refractivity contribution in [1.29, 1.82) is 0 Å². The Morgan fingerprint density at radius 1 is 1.29 bits per heavy atom. The number of carbonyl (C=O) groups excluding carboxylic acids is 1. The Morgan fingerprint density at radius 3 is 2.79 bits per heavy atom. The standard InChI is InChI=1S/C17H18ClN5O/c1-10-8-16-20-11(2)14(12(3)23(16)22-10)5-7-17(24)21-15-6-4-13(18)9-19-15/h4,6,8-9H,5,7H2,1-3H3,(H,19,21,24). The number of fused-ring (bicyclic) bond motifs is 1. The van der Waals surface area contributed by atoms with Crippen molar-refractivity contribution < 1.29 is 4.79 Å². The lowest BCUT2D eigenvalue weighted by atomic mass is 10.1. The molecule has 0 unspecified atom stereocenters. The van der Waals surface area contributed by atoms with Gasteiger partial charge in [0.1, 0.15) is 5.82 Å². The van der Waals surface area contributed by atoms with E-state index in [4.69, 9.17) is 11.6 Å². The van der Waals surface area contributed by atoms with Crippen LogP contribution in [0.2, 0.25) is 5.02 Å². The molecule has 0 bridgehead atoms. The molecule has 0 saturated heterocycles. The molecule has 1 N–H and O–H groups in total. The van der Waals surface area contributed by atoms with Gasteiger partial charge in [-0.3, -0.25) is 4.79 Å². The number of rotatable bonds is 4. The number of pyridine rings is 1. The molecule has 7 heteroatoms. The zero-order valence-corrected chi connectivity index (χ0v) is 14.6. The lowest BCUT2D eigenvalue weighted by Gasteiger charge is -2.11. The molecule has 0 aliphatic heterocycles. The third-order valence-corrected chi connectivity index (χ3v) is 4.11. The molecule has 24 heavy (non-hydrogen) atoms. The van der Waals surface area contributed by atoms with Crippen LogP contribution < -0.4 is 5.32 Å². The van der Waals surface area contributed by atoms with Crippen molar-refractivity contribution in [1.82, 2.24) is 19.6 Å². The largest absolute Gasteiger partial charge is 0.311 e. The van der Waals surface area contributed by atoms with Crippen molar-refractivity contribution >= 4 is 29.0 Å². The number of amides is 1. The predicted molar refractivity (Wildman–Crippen MR) is 93.4 cm³/mol. The zero-order chi connectivity index (χ0) is 17.3. The van der Waals surface area contributed by atoms with Gasteiger partial charge in [0.05, 0.1) is 10.7 Å². The monoisotopic (exact) mass is 343 g/mol. The number of aryl methyl sites for hydroxylation is 3. The molecule has 124 valence electrons. The molecular formula is C17H18ClN5O. The molecular weight excluding hydrogens is 326 g/mol. The summed E-state index contributed by atoms with van der Waals surface area (Å²) in [6.45, 7) is 5.90. The maximum Gasteiger partial charge on any atom is 0.225 e. The summed E-state index contributed by atoms with van der Waals surface area (Å²) in [6, 6.07) is 5.32. The Bertz CT molecular complexity index is 901. The van der Waals surface area contributed by atoms with E-state index in [2.05, 4.69) is 20.4 Å². The van der Waals surface area contributed by atoms with Gasteiger partial charge in [-0.2, -0.15) is 5.10 Å². The van der Waals surface area contributed by atoms with Gasteiger partial charge >= 0.3 is 0 Å². The summed E-state index contributed by atoms with van der Waals surface area (Å²) >= 11 is 5.78. The number of nitrogens with zero attached hydrogens (tertiary/aromatic N) is 4. The Labute approximate surface area is 144 Å². The van der Waals surface area contributed by atoms with E-state index in [0.717, 1.165) is 28.3 Å². The summed E-state index contributed by atoms with van der Waals surface area (Å²) in [6.07, 6.45) is 2.45. The van der Waals surface area contributed by atoms with Crippen molar-refractivity contribution in [2.45, 2.75) is 33.6 Å². The van der Waals surface area contributed by atoms with E-state index in [9.17, 15) is 4.79 Å². The second-order valence-corrected chi connectivity index (χ2v) is 6.16. The van der Waals surface area contributed by atoms with Crippen LogP contribution in [0.5, 0.6) is 0 Å². The molecule has 0 saturated carbocycles. The van der Waals surface area contributed by atoms with Gasteiger partial charge in [0.2, 0.25) is 5.91 Å². The molecule has 3 rings (SSSR count). The van der Waals surface area contributed by atoms with E-state index in [0.29, 0.717) is 23.7 Å². The first-order chi connectivity index (χ1) is 11.4. The SMILES string of the molecule is Cc1cc2nc(C)c(CCC(=O)Nc3ccc(Cl)cn3)c(C)n2n1. The molecule has 3 heterocycles. The number of carbonyl (C=O) groups is 1. The van der Waals surface area contributed by atoms with Crippen LogP contribution in [0.4, 0.5) is 5.82 Å². The summed E-state index contributed by atoms with van der Waals surface area (Å²) in [5.41, 5.74) is 4.75. The van der Waals surface area contributed by atoms with E-state index in [1.165, 1.54) is 6.20 Å². The minimum absolute atomic E-state index is 0.0969. The summed E-state index contributed by atoms with van der Waals surface area (Å²) < 4.78 is 1.83. The van der Waals surface area contributed by atoms with Gasteiger partial charge in [0, 0.05) is 30.1 Å². The minimum Gasteiger partial charge on any atom is -0.311 e. The van der Waals surface area contributed by atoms with Gasteiger partial charge in [0.15, 0.2) is 5.65 Å². The molecule has 0 spiro atoms. The van der Waals surface area contributed by atoms with Crippen LogP contribution in [0.25, 0.3) is 5.65 Å². The van der Waals surface area contributed by atoms with Crippen molar-refractivity contribution in [2.75, 3.05) is 5.32 Å². The van der Waals surface area contributed by atoms with Crippen molar-refractivity contribution in [3.8, 4) is 0 Å². The van der Waals surface area contributed by atoms with E-state index < -0.39 is 0 Å². The Morgan fingerprint density at radius 2 is 2.08 bits per heavy atom. The first-order valence-corrected chi connectivity index (χ1v) is 8.05. The number of nitrogens with one attached hydrogen (secondary N) is 1. The van der Waals surface area contributed by atoms with Crippen molar-refractivity contribution in [2.24, 2.45) is 0 Å². The van der Waals surface area contributed by atoms with Crippen LogP contribution in [-0.4, -0.2) is 25.5 Å².